The Kier molecular flexibility index (Phi) is 3.71. The summed E-state index contributed by atoms with van der Waals surface area (Å²) < 4.78 is 0. The number of benzene rings is 1. The second kappa shape index (κ2) is 4.83. The number of nitrogens with zero attached hydrogens (tertiary/aromatic N) is 1. The van der Waals surface area contributed by atoms with E-state index < -0.39 is 0 Å². The predicted octanol–water partition coefficient (Wildman–Crippen LogP) is 2.43. The average molecular weight is 175 g/mol. The van der Waals surface area contributed by atoms with E-state index in [9.17, 15) is 0 Å². The van der Waals surface area contributed by atoms with E-state index in [-0.39, 0.29) is 0 Å². The van der Waals surface area contributed by atoms with Crippen molar-refractivity contribution >= 4 is 6.08 Å². The lowest BCUT2D eigenvalue weighted by atomic mass is 10.1. The highest BCUT2D eigenvalue weighted by Crippen LogP contribution is 2.07. The molecule has 1 rings (SSSR count). The van der Waals surface area contributed by atoms with Gasteiger partial charge in [-0.15, -0.1) is 0 Å². The van der Waals surface area contributed by atoms with E-state index in [1.165, 1.54) is 11.1 Å². The monoisotopic (exact) mass is 175 g/mol. The van der Waals surface area contributed by atoms with Gasteiger partial charge in [-0.05, 0) is 31.6 Å². The van der Waals surface area contributed by atoms with E-state index in [1.807, 2.05) is 6.08 Å². The van der Waals surface area contributed by atoms with Crippen LogP contribution < -0.4 is 0 Å². The van der Waals surface area contributed by atoms with Gasteiger partial charge in [-0.25, -0.2) is 0 Å². The van der Waals surface area contributed by atoms with Crippen molar-refractivity contribution in [1.82, 2.24) is 4.90 Å². The standard InChI is InChI=1S/C12H17N/c1-4-11-6-5-7-12(10-11)8-9-13(2)3/h4-7,10H,1,8-9H2,2-3H3. The minimum absolute atomic E-state index is 1.10. The van der Waals surface area contributed by atoms with Crippen LogP contribution in [0.2, 0.25) is 0 Å². The molecular formula is C12H17N. The van der Waals surface area contributed by atoms with Crippen LogP contribution in [0, 0.1) is 0 Å². The van der Waals surface area contributed by atoms with Crippen LogP contribution in [-0.4, -0.2) is 25.5 Å². The van der Waals surface area contributed by atoms with E-state index >= 15 is 0 Å². The minimum atomic E-state index is 1.10. The van der Waals surface area contributed by atoms with E-state index in [1.54, 1.807) is 0 Å². The molecule has 0 unspecified atom stereocenters. The van der Waals surface area contributed by atoms with Gasteiger partial charge in [0.1, 0.15) is 0 Å². The topological polar surface area (TPSA) is 3.24 Å². The van der Waals surface area contributed by atoms with Crippen molar-refractivity contribution in [1.29, 1.82) is 0 Å². The molecule has 0 aliphatic rings. The van der Waals surface area contributed by atoms with Gasteiger partial charge in [0.25, 0.3) is 0 Å². The average Bonchev–Trinajstić information content (AvgIpc) is 2.15. The zero-order valence-corrected chi connectivity index (χ0v) is 8.46. The normalized spacial score (nSPS) is 10.4. The first-order valence-corrected chi connectivity index (χ1v) is 4.58. The molecule has 0 aliphatic carbocycles. The largest absolute Gasteiger partial charge is 0.309 e. The van der Waals surface area contributed by atoms with Crippen molar-refractivity contribution in [3.8, 4) is 0 Å². The van der Waals surface area contributed by atoms with Crippen LogP contribution >= 0.6 is 0 Å². The van der Waals surface area contributed by atoms with E-state index in [2.05, 4.69) is 49.8 Å². The molecule has 0 bridgehead atoms. The summed E-state index contributed by atoms with van der Waals surface area (Å²) in [4.78, 5) is 2.20. The highest BCUT2D eigenvalue weighted by molar-refractivity contribution is 5.47. The fourth-order valence-electron chi connectivity index (χ4n) is 1.23. The smallest absolute Gasteiger partial charge is 0.00157 e. The summed E-state index contributed by atoms with van der Waals surface area (Å²) >= 11 is 0. The molecule has 0 heterocycles. The maximum Gasteiger partial charge on any atom is 0.00157 e. The van der Waals surface area contributed by atoms with Crippen LogP contribution in [0.1, 0.15) is 11.1 Å². The number of hydrogen-bond donors (Lipinski definition) is 0. The number of hydrogen-bond acceptors (Lipinski definition) is 1. The quantitative estimate of drug-likeness (QED) is 0.679. The number of rotatable bonds is 4. The third-order valence-electron chi connectivity index (χ3n) is 2.03. The lowest BCUT2D eigenvalue weighted by molar-refractivity contribution is 0.413. The Hall–Kier alpha value is -1.08. The lowest BCUT2D eigenvalue weighted by Gasteiger charge is -2.09. The van der Waals surface area contributed by atoms with Gasteiger partial charge in [-0.1, -0.05) is 36.9 Å². The van der Waals surface area contributed by atoms with Gasteiger partial charge in [0, 0.05) is 6.54 Å². The lowest BCUT2D eigenvalue weighted by Crippen LogP contribution is -2.14. The summed E-state index contributed by atoms with van der Waals surface area (Å²) in [6.07, 6.45) is 2.99. The van der Waals surface area contributed by atoms with Gasteiger partial charge in [-0.3, -0.25) is 0 Å². The van der Waals surface area contributed by atoms with Gasteiger partial charge in [0.15, 0.2) is 0 Å². The maximum absolute atomic E-state index is 3.76. The van der Waals surface area contributed by atoms with Crippen molar-refractivity contribution in [2.75, 3.05) is 20.6 Å². The SMILES string of the molecule is C=Cc1cccc(CCN(C)C)c1. The third kappa shape index (κ3) is 3.43. The Bertz CT molecular complexity index is 276. The molecule has 0 saturated carbocycles. The molecule has 0 saturated heterocycles. The molecule has 1 heteroatoms. The van der Waals surface area contributed by atoms with Crippen LogP contribution in [0.5, 0.6) is 0 Å². The van der Waals surface area contributed by atoms with Crippen LogP contribution in [-0.2, 0) is 6.42 Å². The molecule has 0 aromatic heterocycles. The molecule has 0 radical (unpaired) electrons. The van der Waals surface area contributed by atoms with Crippen molar-refractivity contribution in [2.45, 2.75) is 6.42 Å². The van der Waals surface area contributed by atoms with Gasteiger partial charge in [-0.2, -0.15) is 0 Å². The van der Waals surface area contributed by atoms with Crippen LogP contribution in [0.4, 0.5) is 0 Å². The zero-order chi connectivity index (χ0) is 9.68. The van der Waals surface area contributed by atoms with Crippen molar-refractivity contribution in [2.24, 2.45) is 0 Å². The second-order valence-corrected chi connectivity index (χ2v) is 3.50. The van der Waals surface area contributed by atoms with E-state index in [4.69, 9.17) is 0 Å². The summed E-state index contributed by atoms with van der Waals surface area (Å²) in [6, 6.07) is 8.52. The van der Waals surface area contributed by atoms with Crippen LogP contribution in [0.15, 0.2) is 30.8 Å². The number of likely N-dealkylation sites (N-methyl/N-ethyl adjacent to an activating group) is 1. The molecule has 0 amide bonds. The summed E-state index contributed by atoms with van der Waals surface area (Å²) in [5.41, 5.74) is 2.59. The first-order chi connectivity index (χ1) is 6.22. The van der Waals surface area contributed by atoms with Gasteiger partial charge in [0.2, 0.25) is 0 Å². The fourth-order valence-corrected chi connectivity index (χ4v) is 1.23. The Balaban J connectivity index is 2.61. The molecule has 0 atom stereocenters. The van der Waals surface area contributed by atoms with E-state index in [0.29, 0.717) is 0 Å². The summed E-state index contributed by atoms with van der Waals surface area (Å²) in [7, 11) is 4.19. The van der Waals surface area contributed by atoms with Gasteiger partial charge < -0.3 is 4.90 Å². The Morgan fingerprint density at radius 2 is 2.15 bits per heavy atom. The Morgan fingerprint density at radius 3 is 2.77 bits per heavy atom. The first-order valence-electron chi connectivity index (χ1n) is 4.58. The predicted molar refractivity (Wildman–Crippen MR) is 58.8 cm³/mol. The van der Waals surface area contributed by atoms with Crippen molar-refractivity contribution in [3.05, 3.63) is 42.0 Å². The molecule has 0 aliphatic heterocycles. The maximum atomic E-state index is 3.76. The molecule has 0 fully saturated rings. The summed E-state index contributed by atoms with van der Waals surface area (Å²) in [5, 5.41) is 0. The molecule has 0 spiro atoms. The fraction of sp³-hybridized carbons (Fsp3) is 0.333. The molecule has 1 nitrogen and oxygen atoms in total. The molecular weight excluding hydrogens is 158 g/mol. The first kappa shape index (κ1) is 10.0. The highest BCUT2D eigenvalue weighted by Gasteiger charge is 1.94. The van der Waals surface area contributed by atoms with Crippen molar-refractivity contribution < 1.29 is 0 Å². The second-order valence-electron chi connectivity index (χ2n) is 3.50. The summed E-state index contributed by atoms with van der Waals surface area (Å²) in [6.45, 7) is 4.85. The van der Waals surface area contributed by atoms with Crippen molar-refractivity contribution in [3.63, 3.8) is 0 Å². The van der Waals surface area contributed by atoms with Crippen LogP contribution in [0.3, 0.4) is 0 Å². The minimum Gasteiger partial charge on any atom is -0.309 e. The molecule has 0 N–H and O–H groups in total. The summed E-state index contributed by atoms with van der Waals surface area (Å²) in [5.74, 6) is 0. The molecule has 70 valence electrons. The Morgan fingerprint density at radius 1 is 1.38 bits per heavy atom. The van der Waals surface area contributed by atoms with Gasteiger partial charge in [0.05, 0.1) is 0 Å². The molecule has 1 aromatic carbocycles. The van der Waals surface area contributed by atoms with Gasteiger partial charge >= 0.3 is 0 Å². The van der Waals surface area contributed by atoms with E-state index in [0.717, 1.165) is 13.0 Å². The highest BCUT2D eigenvalue weighted by atomic mass is 15.0. The zero-order valence-electron chi connectivity index (χ0n) is 8.46. The molecule has 13 heavy (non-hydrogen) atoms. The Labute approximate surface area is 80.7 Å². The third-order valence-corrected chi connectivity index (χ3v) is 2.03. The molecule has 1 aromatic rings. The van der Waals surface area contributed by atoms with Crippen LogP contribution in [0.25, 0.3) is 6.08 Å².